The van der Waals surface area contributed by atoms with Gasteiger partial charge in [0, 0.05) is 5.56 Å². The van der Waals surface area contributed by atoms with Crippen LogP contribution in [-0.2, 0) is 0 Å². The fraction of sp³-hybridized carbons (Fsp3) is 0.176. The standard InChI is InChI=1S/C17H16O2/c1-10(2)17-15-9-13-8-14(18)5-3-11(13)7-12(15)4-6-16(17)19/h3-10,18-19H,1-2H3. The van der Waals surface area contributed by atoms with Crippen LogP contribution in [0.15, 0.2) is 42.5 Å². The minimum Gasteiger partial charge on any atom is -0.508 e. The van der Waals surface area contributed by atoms with Gasteiger partial charge in [-0.2, -0.15) is 0 Å². The summed E-state index contributed by atoms with van der Waals surface area (Å²) in [6.45, 7) is 4.14. The van der Waals surface area contributed by atoms with Crippen LogP contribution in [0.2, 0.25) is 0 Å². The van der Waals surface area contributed by atoms with Crippen LogP contribution in [0.4, 0.5) is 0 Å². The smallest absolute Gasteiger partial charge is 0.119 e. The normalized spacial score (nSPS) is 11.5. The van der Waals surface area contributed by atoms with Crippen molar-refractivity contribution in [1.29, 1.82) is 0 Å². The van der Waals surface area contributed by atoms with Gasteiger partial charge < -0.3 is 10.2 Å². The number of rotatable bonds is 1. The third kappa shape index (κ3) is 1.89. The first-order valence-electron chi connectivity index (χ1n) is 6.44. The minimum absolute atomic E-state index is 0.249. The zero-order chi connectivity index (χ0) is 13.6. The molecule has 0 spiro atoms. The summed E-state index contributed by atoms with van der Waals surface area (Å²) in [7, 11) is 0. The molecule has 0 fully saturated rings. The van der Waals surface area contributed by atoms with E-state index in [2.05, 4.69) is 19.9 Å². The largest absolute Gasteiger partial charge is 0.508 e. The van der Waals surface area contributed by atoms with Crippen LogP contribution in [0.25, 0.3) is 21.5 Å². The van der Waals surface area contributed by atoms with Gasteiger partial charge in [0.05, 0.1) is 0 Å². The van der Waals surface area contributed by atoms with Gasteiger partial charge in [0.2, 0.25) is 0 Å². The second-order valence-electron chi connectivity index (χ2n) is 5.26. The van der Waals surface area contributed by atoms with Crippen molar-refractivity contribution in [2.45, 2.75) is 19.8 Å². The van der Waals surface area contributed by atoms with E-state index in [4.69, 9.17) is 0 Å². The van der Waals surface area contributed by atoms with Gasteiger partial charge in [-0.3, -0.25) is 0 Å². The number of hydrogen-bond acceptors (Lipinski definition) is 2. The highest BCUT2D eigenvalue weighted by Crippen LogP contribution is 2.35. The van der Waals surface area contributed by atoms with Crippen LogP contribution in [0, 0.1) is 0 Å². The molecule has 0 saturated heterocycles. The highest BCUT2D eigenvalue weighted by Gasteiger charge is 2.11. The van der Waals surface area contributed by atoms with Gasteiger partial charge in [-0.15, -0.1) is 0 Å². The van der Waals surface area contributed by atoms with Gasteiger partial charge in [-0.05, 0) is 57.8 Å². The highest BCUT2D eigenvalue weighted by atomic mass is 16.3. The fourth-order valence-corrected chi connectivity index (χ4v) is 2.68. The average Bonchev–Trinajstić information content (AvgIpc) is 2.35. The Morgan fingerprint density at radius 3 is 2.26 bits per heavy atom. The van der Waals surface area contributed by atoms with Crippen LogP contribution in [0.1, 0.15) is 25.3 Å². The molecule has 2 heteroatoms. The Morgan fingerprint density at radius 2 is 1.53 bits per heavy atom. The Morgan fingerprint density at radius 1 is 0.789 bits per heavy atom. The second-order valence-corrected chi connectivity index (χ2v) is 5.26. The molecule has 0 unspecified atom stereocenters. The van der Waals surface area contributed by atoms with E-state index in [-0.39, 0.29) is 11.7 Å². The zero-order valence-electron chi connectivity index (χ0n) is 11.0. The van der Waals surface area contributed by atoms with Crippen LogP contribution < -0.4 is 0 Å². The van der Waals surface area contributed by atoms with Crippen LogP contribution in [0.5, 0.6) is 11.5 Å². The average molecular weight is 252 g/mol. The molecule has 2 nitrogen and oxygen atoms in total. The molecule has 0 heterocycles. The number of hydrogen-bond donors (Lipinski definition) is 2. The van der Waals surface area contributed by atoms with Gasteiger partial charge in [0.15, 0.2) is 0 Å². The topological polar surface area (TPSA) is 40.5 Å². The van der Waals surface area contributed by atoms with Gasteiger partial charge in [0.1, 0.15) is 11.5 Å². The number of fused-ring (bicyclic) bond motifs is 2. The van der Waals surface area contributed by atoms with Crippen LogP contribution >= 0.6 is 0 Å². The maximum absolute atomic E-state index is 10.1. The second kappa shape index (κ2) is 4.16. The lowest BCUT2D eigenvalue weighted by atomic mass is 9.93. The predicted octanol–water partition coefficient (Wildman–Crippen LogP) is 4.53. The fourth-order valence-electron chi connectivity index (χ4n) is 2.68. The Hall–Kier alpha value is -2.22. The monoisotopic (exact) mass is 252 g/mol. The van der Waals surface area contributed by atoms with E-state index >= 15 is 0 Å². The maximum Gasteiger partial charge on any atom is 0.119 e. The van der Waals surface area contributed by atoms with Crippen LogP contribution in [0.3, 0.4) is 0 Å². The van der Waals surface area contributed by atoms with Gasteiger partial charge in [0.25, 0.3) is 0 Å². The summed E-state index contributed by atoms with van der Waals surface area (Å²) in [5.74, 6) is 0.846. The van der Waals surface area contributed by atoms with Crippen LogP contribution in [-0.4, -0.2) is 10.2 Å². The Kier molecular flexibility index (Phi) is 2.59. The van der Waals surface area contributed by atoms with Crippen molar-refractivity contribution in [3.05, 3.63) is 48.0 Å². The van der Waals surface area contributed by atoms with Crippen molar-refractivity contribution in [3.63, 3.8) is 0 Å². The molecule has 0 radical (unpaired) electrons. The number of aromatic hydroxyl groups is 2. The van der Waals surface area contributed by atoms with Crippen molar-refractivity contribution in [2.24, 2.45) is 0 Å². The molecule has 0 aliphatic carbocycles. The van der Waals surface area contributed by atoms with Crippen molar-refractivity contribution in [3.8, 4) is 11.5 Å². The lowest BCUT2D eigenvalue weighted by molar-refractivity contribution is 0.466. The quantitative estimate of drug-likeness (QED) is 0.625. The summed E-state index contributed by atoms with van der Waals surface area (Å²) >= 11 is 0. The molecule has 0 aliphatic heterocycles. The molecule has 0 aromatic heterocycles. The summed E-state index contributed by atoms with van der Waals surface area (Å²) in [5.41, 5.74) is 0.961. The number of benzene rings is 3. The Labute approximate surface area is 111 Å². The Balaban J connectivity index is 2.45. The third-order valence-electron chi connectivity index (χ3n) is 3.56. The molecule has 3 rings (SSSR count). The first kappa shape index (κ1) is 11.8. The van der Waals surface area contributed by atoms with Crippen molar-refractivity contribution in [2.75, 3.05) is 0 Å². The SMILES string of the molecule is CC(C)c1c(O)ccc2cc3ccc(O)cc3cc12. The minimum atomic E-state index is 0.249. The van der Waals surface area contributed by atoms with Gasteiger partial charge in [-0.1, -0.05) is 26.0 Å². The van der Waals surface area contributed by atoms with Gasteiger partial charge in [-0.25, -0.2) is 0 Å². The summed E-state index contributed by atoms with van der Waals surface area (Å²) in [6.07, 6.45) is 0. The highest BCUT2D eigenvalue weighted by molar-refractivity contribution is 6.01. The van der Waals surface area contributed by atoms with E-state index in [1.165, 1.54) is 0 Å². The van der Waals surface area contributed by atoms with E-state index < -0.39 is 0 Å². The van der Waals surface area contributed by atoms with E-state index in [0.29, 0.717) is 5.75 Å². The molecule has 96 valence electrons. The zero-order valence-corrected chi connectivity index (χ0v) is 11.0. The first-order chi connectivity index (χ1) is 9.06. The molecular weight excluding hydrogens is 236 g/mol. The molecule has 3 aromatic carbocycles. The van der Waals surface area contributed by atoms with Crippen molar-refractivity contribution >= 4 is 21.5 Å². The van der Waals surface area contributed by atoms with Gasteiger partial charge >= 0.3 is 0 Å². The number of phenolic OH excluding ortho intramolecular Hbond substituents is 2. The van der Waals surface area contributed by atoms with E-state index in [0.717, 1.165) is 27.1 Å². The molecule has 19 heavy (non-hydrogen) atoms. The number of phenols is 2. The Bertz CT molecular complexity index is 773. The van der Waals surface area contributed by atoms with E-state index in [1.807, 2.05) is 18.2 Å². The first-order valence-corrected chi connectivity index (χ1v) is 6.44. The van der Waals surface area contributed by atoms with E-state index in [9.17, 15) is 10.2 Å². The predicted molar refractivity (Wildman–Crippen MR) is 78.9 cm³/mol. The molecule has 0 aliphatic rings. The summed E-state index contributed by atoms with van der Waals surface area (Å²) in [6, 6.07) is 13.2. The van der Waals surface area contributed by atoms with E-state index in [1.54, 1.807) is 18.2 Å². The molecular formula is C17H16O2. The molecule has 2 N–H and O–H groups in total. The lowest BCUT2D eigenvalue weighted by Gasteiger charge is -2.13. The summed E-state index contributed by atoms with van der Waals surface area (Å²) in [5, 5.41) is 23.9. The molecule has 3 aromatic rings. The lowest BCUT2D eigenvalue weighted by Crippen LogP contribution is -1.91. The molecule has 0 bridgehead atoms. The summed E-state index contributed by atoms with van der Waals surface area (Å²) in [4.78, 5) is 0. The maximum atomic E-state index is 10.1. The third-order valence-corrected chi connectivity index (χ3v) is 3.56. The van der Waals surface area contributed by atoms with Crippen molar-refractivity contribution < 1.29 is 10.2 Å². The molecule has 0 atom stereocenters. The summed E-state index contributed by atoms with van der Waals surface area (Å²) < 4.78 is 0. The molecule has 0 saturated carbocycles. The van der Waals surface area contributed by atoms with Crippen molar-refractivity contribution in [1.82, 2.24) is 0 Å². The molecule has 0 amide bonds.